The van der Waals surface area contributed by atoms with Gasteiger partial charge >= 0.3 is 0 Å². The minimum atomic E-state index is -0.254. The molecule has 1 N–H and O–H groups in total. The lowest BCUT2D eigenvalue weighted by Gasteiger charge is -2.25. The summed E-state index contributed by atoms with van der Waals surface area (Å²) in [7, 11) is 0. The van der Waals surface area contributed by atoms with Gasteiger partial charge in [0.2, 0.25) is 0 Å². The quantitative estimate of drug-likeness (QED) is 0.659. The monoisotopic (exact) mass is 339 g/mol. The van der Waals surface area contributed by atoms with E-state index in [1.54, 1.807) is 0 Å². The minimum absolute atomic E-state index is 0.195. The molecule has 1 aliphatic heterocycles. The molecule has 0 radical (unpaired) electrons. The first-order valence-electron chi connectivity index (χ1n) is 8.34. The number of para-hydroxylation sites is 1. The zero-order valence-electron chi connectivity index (χ0n) is 13.8. The maximum atomic E-state index is 12.7. The van der Waals surface area contributed by atoms with E-state index >= 15 is 0 Å². The third-order valence-corrected chi connectivity index (χ3v) is 5.47. The predicted octanol–water partition coefficient (Wildman–Crippen LogP) is 4.29. The summed E-state index contributed by atoms with van der Waals surface area (Å²) in [6.45, 7) is 1.99. The molecule has 124 valence electrons. The molecule has 0 saturated heterocycles. The number of carbonyl (C=O) groups excluding carboxylic acids is 1. The molecule has 0 unspecified atom stereocenters. The van der Waals surface area contributed by atoms with Crippen molar-refractivity contribution < 1.29 is 4.79 Å². The Morgan fingerprint density at radius 3 is 2.62 bits per heavy atom. The Hall–Kier alpha value is -2.19. The molecule has 0 atom stereocenters. The molecule has 0 bridgehead atoms. The molecule has 5 heteroatoms. The van der Waals surface area contributed by atoms with E-state index in [1.807, 2.05) is 47.6 Å². The minimum Gasteiger partial charge on any atom is -0.349 e. The third kappa shape index (κ3) is 3.49. The van der Waals surface area contributed by atoms with Crippen LogP contribution in [0.3, 0.4) is 0 Å². The number of rotatable bonds is 3. The van der Waals surface area contributed by atoms with Crippen molar-refractivity contribution in [3.05, 3.63) is 52.0 Å². The predicted molar refractivity (Wildman–Crippen MR) is 97.9 cm³/mol. The first-order chi connectivity index (χ1) is 11.7. The summed E-state index contributed by atoms with van der Waals surface area (Å²) in [5, 5.41) is 15.3. The number of nitriles is 1. The number of benzene rings is 1. The summed E-state index contributed by atoms with van der Waals surface area (Å²) in [5.74, 6) is -0.254. The van der Waals surface area contributed by atoms with Crippen LogP contribution in [0.15, 0.2) is 52.0 Å². The molecule has 1 aromatic carbocycles. The molecule has 1 amide bonds. The lowest BCUT2D eigenvalue weighted by molar-refractivity contribution is -0.118. The van der Waals surface area contributed by atoms with Crippen molar-refractivity contribution in [3.63, 3.8) is 0 Å². The van der Waals surface area contributed by atoms with Crippen molar-refractivity contribution in [2.24, 2.45) is 0 Å². The van der Waals surface area contributed by atoms with Crippen LogP contribution in [0.2, 0.25) is 0 Å². The van der Waals surface area contributed by atoms with Crippen molar-refractivity contribution in [2.45, 2.75) is 45.1 Å². The zero-order chi connectivity index (χ0) is 16.9. The SMILES string of the molecule is CC1=CS/C(=C(\C#N)C(=O)NC2CCCCC2)N1c1ccccc1. The van der Waals surface area contributed by atoms with Crippen LogP contribution in [0.5, 0.6) is 0 Å². The van der Waals surface area contributed by atoms with E-state index in [2.05, 4.69) is 11.4 Å². The summed E-state index contributed by atoms with van der Waals surface area (Å²) in [5.41, 5.74) is 2.17. The van der Waals surface area contributed by atoms with E-state index in [0.29, 0.717) is 5.03 Å². The summed E-state index contributed by atoms with van der Waals surface area (Å²) >= 11 is 1.44. The maximum Gasteiger partial charge on any atom is 0.264 e. The second-order valence-corrected chi connectivity index (χ2v) is 7.01. The van der Waals surface area contributed by atoms with Crippen LogP contribution in [0.4, 0.5) is 5.69 Å². The van der Waals surface area contributed by atoms with E-state index in [9.17, 15) is 10.1 Å². The van der Waals surface area contributed by atoms with Crippen molar-refractivity contribution in [1.29, 1.82) is 5.26 Å². The Balaban J connectivity index is 1.86. The van der Waals surface area contributed by atoms with Gasteiger partial charge in [0.05, 0.1) is 0 Å². The highest BCUT2D eigenvalue weighted by Crippen LogP contribution is 2.40. The Morgan fingerprint density at radius 2 is 1.96 bits per heavy atom. The normalized spacial score (nSPS) is 20.3. The number of nitrogens with one attached hydrogen (secondary N) is 1. The van der Waals surface area contributed by atoms with E-state index in [1.165, 1.54) is 18.2 Å². The number of thioether (sulfide) groups is 1. The maximum absolute atomic E-state index is 12.7. The summed E-state index contributed by atoms with van der Waals surface area (Å²) in [6.07, 6.45) is 5.54. The van der Waals surface area contributed by atoms with Crippen molar-refractivity contribution in [3.8, 4) is 6.07 Å². The van der Waals surface area contributed by atoms with Crippen LogP contribution >= 0.6 is 11.8 Å². The topological polar surface area (TPSA) is 56.1 Å². The van der Waals surface area contributed by atoms with Crippen LogP contribution in [0, 0.1) is 11.3 Å². The Labute approximate surface area is 147 Å². The fraction of sp³-hybridized carbons (Fsp3) is 0.368. The van der Waals surface area contributed by atoms with E-state index in [4.69, 9.17) is 0 Å². The van der Waals surface area contributed by atoms with Gasteiger partial charge in [0, 0.05) is 17.4 Å². The number of anilines is 1. The highest BCUT2D eigenvalue weighted by atomic mass is 32.2. The van der Waals surface area contributed by atoms with Gasteiger partial charge in [-0.3, -0.25) is 4.79 Å². The Kier molecular flexibility index (Phi) is 5.27. The van der Waals surface area contributed by atoms with Gasteiger partial charge in [0.25, 0.3) is 5.91 Å². The van der Waals surface area contributed by atoms with E-state index in [-0.39, 0.29) is 17.5 Å². The van der Waals surface area contributed by atoms with Crippen molar-refractivity contribution in [2.75, 3.05) is 4.90 Å². The molecule has 1 saturated carbocycles. The van der Waals surface area contributed by atoms with E-state index < -0.39 is 0 Å². The Bertz CT molecular complexity index is 712. The molecule has 24 heavy (non-hydrogen) atoms. The summed E-state index contributed by atoms with van der Waals surface area (Å²) in [6, 6.07) is 12.2. The second kappa shape index (κ2) is 7.59. The molecule has 1 aliphatic carbocycles. The molecule has 1 fully saturated rings. The smallest absolute Gasteiger partial charge is 0.264 e. The van der Waals surface area contributed by atoms with Gasteiger partial charge < -0.3 is 10.2 Å². The van der Waals surface area contributed by atoms with Gasteiger partial charge in [-0.2, -0.15) is 5.26 Å². The average molecular weight is 339 g/mol. The molecule has 0 aromatic heterocycles. The lowest BCUT2D eigenvalue weighted by Crippen LogP contribution is -2.37. The number of amides is 1. The van der Waals surface area contributed by atoms with Gasteiger partial charge in [-0.25, -0.2) is 0 Å². The number of hydrogen-bond donors (Lipinski definition) is 1. The first kappa shape index (κ1) is 16.7. The van der Waals surface area contributed by atoms with Crippen LogP contribution < -0.4 is 10.2 Å². The van der Waals surface area contributed by atoms with Gasteiger partial charge in [0.1, 0.15) is 16.7 Å². The van der Waals surface area contributed by atoms with Gasteiger partial charge in [0.15, 0.2) is 0 Å². The van der Waals surface area contributed by atoms with E-state index in [0.717, 1.165) is 37.1 Å². The van der Waals surface area contributed by atoms with Gasteiger partial charge in [-0.05, 0) is 37.3 Å². The molecule has 1 heterocycles. The molecule has 0 spiro atoms. The fourth-order valence-electron chi connectivity index (χ4n) is 3.18. The number of carbonyl (C=O) groups is 1. The largest absolute Gasteiger partial charge is 0.349 e. The Morgan fingerprint density at radius 1 is 1.25 bits per heavy atom. The second-order valence-electron chi connectivity index (χ2n) is 6.15. The molecular weight excluding hydrogens is 318 g/mol. The number of allylic oxidation sites excluding steroid dienone is 1. The lowest BCUT2D eigenvalue weighted by atomic mass is 9.95. The highest BCUT2D eigenvalue weighted by molar-refractivity contribution is 8.06. The fourth-order valence-corrected chi connectivity index (χ4v) is 4.17. The molecule has 2 aliphatic rings. The van der Waals surface area contributed by atoms with Crippen LogP contribution in [-0.4, -0.2) is 11.9 Å². The zero-order valence-corrected chi connectivity index (χ0v) is 14.6. The average Bonchev–Trinajstić information content (AvgIpc) is 2.98. The van der Waals surface area contributed by atoms with Crippen LogP contribution in [0.25, 0.3) is 0 Å². The van der Waals surface area contributed by atoms with Crippen molar-refractivity contribution >= 4 is 23.4 Å². The third-order valence-electron chi connectivity index (χ3n) is 4.40. The molecule has 4 nitrogen and oxygen atoms in total. The summed E-state index contributed by atoms with van der Waals surface area (Å²) < 4.78 is 0. The number of nitrogens with zero attached hydrogens (tertiary/aromatic N) is 2. The molecule has 1 aromatic rings. The molecular formula is C19H21N3OS. The van der Waals surface area contributed by atoms with Crippen LogP contribution in [0.1, 0.15) is 39.0 Å². The van der Waals surface area contributed by atoms with Crippen LogP contribution in [-0.2, 0) is 4.79 Å². The molecule has 3 rings (SSSR count). The van der Waals surface area contributed by atoms with Gasteiger partial charge in [-0.1, -0.05) is 49.2 Å². The van der Waals surface area contributed by atoms with Crippen molar-refractivity contribution in [1.82, 2.24) is 5.32 Å². The number of hydrogen-bond acceptors (Lipinski definition) is 4. The first-order valence-corrected chi connectivity index (χ1v) is 9.22. The standard InChI is InChI=1S/C19H21N3OS/c1-14-13-24-19(22(14)16-10-6-3-7-11-16)17(12-20)18(23)21-15-8-4-2-5-9-15/h3,6-7,10-11,13,15H,2,4-5,8-9H2,1H3,(H,21,23)/b19-17+. The summed E-state index contributed by atoms with van der Waals surface area (Å²) in [4.78, 5) is 14.6. The van der Waals surface area contributed by atoms with Gasteiger partial charge in [-0.15, -0.1) is 0 Å². The highest BCUT2D eigenvalue weighted by Gasteiger charge is 2.28.